The summed E-state index contributed by atoms with van der Waals surface area (Å²) >= 11 is 4.75. The predicted octanol–water partition coefficient (Wildman–Crippen LogP) is 3.53. The summed E-state index contributed by atoms with van der Waals surface area (Å²) in [4.78, 5) is 19.2. The lowest BCUT2D eigenvalue weighted by molar-refractivity contribution is -0.0964. The van der Waals surface area contributed by atoms with Crippen LogP contribution in [0.15, 0.2) is 54.9 Å². The van der Waals surface area contributed by atoms with Crippen LogP contribution in [0.3, 0.4) is 0 Å². The summed E-state index contributed by atoms with van der Waals surface area (Å²) in [5.74, 6) is 0.000787. The van der Waals surface area contributed by atoms with Crippen LogP contribution in [0.25, 0.3) is 11.3 Å². The largest absolute Gasteiger partial charge is 0.487 e. The molecule has 3 heterocycles. The number of β-amino-alcohol motifs (C(OH)–C–C–N with tert-alkyl or cyclic N) is 1. The molecule has 11 heteroatoms. The summed E-state index contributed by atoms with van der Waals surface area (Å²) in [5.41, 5.74) is -2.04. The first-order valence-electron chi connectivity index (χ1n) is 9.67. The van der Waals surface area contributed by atoms with Gasteiger partial charge in [-0.1, -0.05) is 0 Å². The Balaban J connectivity index is 1.57. The lowest BCUT2D eigenvalue weighted by Crippen LogP contribution is -2.23. The minimum atomic E-state index is -3.82. The molecule has 1 aromatic carbocycles. The zero-order valence-electron chi connectivity index (χ0n) is 16.6. The number of benzene rings is 1. The van der Waals surface area contributed by atoms with Crippen molar-refractivity contribution >= 4 is 29.0 Å². The van der Waals surface area contributed by atoms with Crippen molar-refractivity contribution in [1.29, 1.82) is 0 Å². The van der Waals surface area contributed by atoms with Crippen LogP contribution in [0.1, 0.15) is 16.8 Å². The number of anilines is 2. The molecule has 1 aliphatic rings. The third kappa shape index (κ3) is 5.27. The minimum absolute atomic E-state index is 0.147. The lowest BCUT2D eigenvalue weighted by atomic mass is 10.1. The maximum Gasteiger partial charge on any atom is 0.487 e. The normalized spacial score (nSPS) is 16.1. The van der Waals surface area contributed by atoms with Gasteiger partial charge < -0.3 is 20.1 Å². The molecular formula is C21H18ClF2N5O3. The molecular weight excluding hydrogens is 444 g/mol. The Labute approximate surface area is 186 Å². The highest BCUT2D eigenvalue weighted by atomic mass is 35.5. The number of aliphatic hydroxyl groups is 1. The van der Waals surface area contributed by atoms with Crippen molar-refractivity contribution in [3.8, 4) is 17.0 Å². The number of hydrogen-bond acceptors (Lipinski definition) is 7. The molecule has 4 rings (SSSR count). The molecule has 3 aromatic rings. The minimum Gasteiger partial charge on any atom is -0.420 e. The molecule has 0 aliphatic carbocycles. The molecule has 2 aromatic heterocycles. The topological polar surface area (TPSA) is 100 Å². The van der Waals surface area contributed by atoms with E-state index in [4.69, 9.17) is 11.6 Å². The second-order valence-electron chi connectivity index (χ2n) is 7.12. The number of rotatable bonds is 6. The van der Waals surface area contributed by atoms with E-state index >= 15 is 0 Å². The fraction of sp³-hybridized carbons (Fsp3) is 0.238. The van der Waals surface area contributed by atoms with Gasteiger partial charge in [0.05, 0.1) is 17.4 Å². The number of carbonyl (C=O) groups excluding carboxylic acids is 1. The van der Waals surface area contributed by atoms with Crippen LogP contribution in [0.4, 0.5) is 20.3 Å². The van der Waals surface area contributed by atoms with Crippen LogP contribution in [0, 0.1) is 0 Å². The van der Waals surface area contributed by atoms with E-state index in [2.05, 4.69) is 25.2 Å². The Morgan fingerprint density at radius 3 is 2.69 bits per heavy atom. The molecule has 1 atom stereocenters. The summed E-state index contributed by atoms with van der Waals surface area (Å²) in [7, 11) is 0. The van der Waals surface area contributed by atoms with Crippen molar-refractivity contribution in [2.75, 3.05) is 23.3 Å². The zero-order valence-corrected chi connectivity index (χ0v) is 17.3. The number of hydrogen-bond donors (Lipinski definition) is 2. The molecule has 0 saturated carbocycles. The standard InChI is InChI=1S/C21H18ClF2N5O3/c22-21(23,24)32-16-5-3-14(4-6-16)27-20(31)13-10-17(18-2-1-8-26-28-18)19(25-11-13)29-9-7-15(30)12-29/h1-6,8,10-11,15,30H,7,9,12H2,(H,27,31). The van der Waals surface area contributed by atoms with Gasteiger partial charge in [-0.05, 0) is 48.9 Å². The van der Waals surface area contributed by atoms with Gasteiger partial charge in [-0.15, -0.1) is 8.78 Å². The fourth-order valence-electron chi connectivity index (χ4n) is 3.34. The van der Waals surface area contributed by atoms with Crippen LogP contribution in [0.5, 0.6) is 5.75 Å². The van der Waals surface area contributed by atoms with E-state index in [1.54, 1.807) is 24.4 Å². The van der Waals surface area contributed by atoms with Gasteiger partial charge in [-0.2, -0.15) is 10.2 Å². The SMILES string of the molecule is O=C(Nc1ccc(OC(F)(F)Cl)cc1)c1cnc(N2CCC(O)C2)c(-c2cccnn2)c1. The average Bonchev–Trinajstić information content (AvgIpc) is 3.20. The van der Waals surface area contributed by atoms with Gasteiger partial charge in [0.25, 0.3) is 5.91 Å². The van der Waals surface area contributed by atoms with Crippen LogP contribution < -0.4 is 15.0 Å². The number of amides is 1. The molecule has 8 nitrogen and oxygen atoms in total. The Bertz CT molecular complexity index is 1100. The number of aromatic nitrogens is 3. The van der Waals surface area contributed by atoms with Gasteiger partial charge in [0.2, 0.25) is 0 Å². The first-order chi connectivity index (χ1) is 15.3. The van der Waals surface area contributed by atoms with Crippen molar-refractivity contribution in [1.82, 2.24) is 15.2 Å². The number of aliphatic hydroxyl groups excluding tert-OH is 1. The number of carbonyl (C=O) groups is 1. The average molecular weight is 462 g/mol. The van der Waals surface area contributed by atoms with Crippen molar-refractivity contribution in [3.05, 3.63) is 60.4 Å². The molecule has 0 bridgehead atoms. The Kier molecular flexibility index (Phi) is 6.15. The first-order valence-corrected chi connectivity index (χ1v) is 10.0. The summed E-state index contributed by atoms with van der Waals surface area (Å²) in [6.07, 6.45) is 3.15. The summed E-state index contributed by atoms with van der Waals surface area (Å²) in [6, 6.07) is 10.5. The fourth-order valence-corrected chi connectivity index (χ4v) is 3.43. The lowest BCUT2D eigenvalue weighted by Gasteiger charge is -2.20. The van der Waals surface area contributed by atoms with Crippen molar-refractivity contribution in [2.45, 2.75) is 18.1 Å². The third-order valence-corrected chi connectivity index (χ3v) is 4.86. The van der Waals surface area contributed by atoms with Crippen molar-refractivity contribution < 1.29 is 23.4 Å². The maximum absolute atomic E-state index is 12.8. The van der Waals surface area contributed by atoms with E-state index in [-0.39, 0.29) is 11.3 Å². The third-order valence-electron chi connectivity index (χ3n) is 4.79. The molecule has 166 valence electrons. The monoisotopic (exact) mass is 461 g/mol. The molecule has 2 N–H and O–H groups in total. The van der Waals surface area contributed by atoms with E-state index in [1.807, 2.05) is 4.90 Å². The smallest absolute Gasteiger partial charge is 0.420 e. The summed E-state index contributed by atoms with van der Waals surface area (Å²) < 4.78 is 29.7. The van der Waals surface area contributed by atoms with Crippen molar-refractivity contribution in [3.63, 3.8) is 0 Å². The van der Waals surface area contributed by atoms with E-state index in [9.17, 15) is 18.7 Å². The van der Waals surface area contributed by atoms with E-state index in [0.29, 0.717) is 42.3 Å². The van der Waals surface area contributed by atoms with Gasteiger partial charge in [0, 0.05) is 48.3 Å². The van der Waals surface area contributed by atoms with E-state index in [1.165, 1.54) is 30.5 Å². The molecule has 1 aliphatic heterocycles. The molecule has 0 radical (unpaired) electrons. The number of ether oxygens (including phenoxy) is 1. The number of nitrogens with one attached hydrogen (secondary N) is 1. The van der Waals surface area contributed by atoms with Crippen LogP contribution in [-0.2, 0) is 0 Å². The van der Waals surface area contributed by atoms with Gasteiger partial charge >= 0.3 is 5.57 Å². The summed E-state index contributed by atoms with van der Waals surface area (Å²) in [6.45, 7) is 1.06. The number of alkyl halides is 3. The molecule has 32 heavy (non-hydrogen) atoms. The van der Waals surface area contributed by atoms with Crippen molar-refractivity contribution in [2.24, 2.45) is 0 Å². The molecule has 1 amide bonds. The highest BCUT2D eigenvalue weighted by Gasteiger charge is 2.28. The summed E-state index contributed by atoms with van der Waals surface area (Å²) in [5, 5.41) is 20.6. The van der Waals surface area contributed by atoms with Gasteiger partial charge in [-0.3, -0.25) is 4.79 Å². The van der Waals surface area contributed by atoms with Gasteiger partial charge in [0.1, 0.15) is 11.6 Å². The Morgan fingerprint density at radius 2 is 2.06 bits per heavy atom. The van der Waals surface area contributed by atoms with Gasteiger partial charge in [-0.25, -0.2) is 4.98 Å². The number of nitrogens with zero attached hydrogens (tertiary/aromatic N) is 4. The van der Waals surface area contributed by atoms with E-state index in [0.717, 1.165) is 0 Å². The van der Waals surface area contributed by atoms with E-state index < -0.39 is 17.6 Å². The Hall–Kier alpha value is -3.37. The second kappa shape index (κ2) is 9.01. The van der Waals surface area contributed by atoms with Gasteiger partial charge in [0.15, 0.2) is 0 Å². The molecule has 0 spiro atoms. The maximum atomic E-state index is 12.8. The number of halogens is 3. The Morgan fingerprint density at radius 1 is 1.28 bits per heavy atom. The first kappa shape index (κ1) is 21.8. The number of pyridine rings is 1. The highest BCUT2D eigenvalue weighted by molar-refractivity contribution is 6.20. The molecule has 1 fully saturated rings. The molecule has 1 unspecified atom stereocenters. The second-order valence-corrected chi connectivity index (χ2v) is 7.56. The molecule has 1 saturated heterocycles. The highest BCUT2D eigenvalue weighted by Crippen LogP contribution is 2.31. The zero-order chi connectivity index (χ0) is 22.7. The van der Waals surface area contributed by atoms with Crippen LogP contribution in [-0.4, -0.2) is 51.0 Å². The van der Waals surface area contributed by atoms with Crippen LogP contribution in [0.2, 0.25) is 0 Å². The quantitative estimate of drug-likeness (QED) is 0.541. The van der Waals surface area contributed by atoms with Crippen LogP contribution >= 0.6 is 11.6 Å². The predicted molar refractivity (Wildman–Crippen MR) is 114 cm³/mol.